The maximum absolute atomic E-state index is 12.8. The molecule has 2 heterocycles. The zero-order valence-electron chi connectivity index (χ0n) is 16.5. The first kappa shape index (κ1) is 18.0. The van der Waals surface area contributed by atoms with Gasteiger partial charge in [0.2, 0.25) is 0 Å². The van der Waals surface area contributed by atoms with Gasteiger partial charge in [0.25, 0.3) is 0 Å². The van der Waals surface area contributed by atoms with E-state index in [-0.39, 0.29) is 5.78 Å². The lowest BCUT2D eigenvalue weighted by molar-refractivity contribution is 0.0992. The number of carbonyl (C=O) groups excluding carboxylic acids is 1. The van der Waals surface area contributed by atoms with E-state index in [0.29, 0.717) is 12.3 Å². The minimum absolute atomic E-state index is 0.197. The number of nitrogens with zero attached hydrogens (tertiary/aromatic N) is 1. The lowest BCUT2D eigenvalue weighted by Gasteiger charge is -2.28. The Morgan fingerprint density at radius 1 is 1.11 bits per heavy atom. The lowest BCUT2D eigenvalue weighted by Crippen LogP contribution is -2.29. The van der Waals surface area contributed by atoms with Crippen molar-refractivity contribution in [1.29, 1.82) is 0 Å². The number of carbonyl (C=O) groups is 1. The molecular formula is C24H28N2O. The Labute approximate surface area is 161 Å². The molecule has 3 heteroatoms. The fraction of sp³-hybridized carbons (Fsp3) is 0.375. The van der Waals surface area contributed by atoms with Crippen LogP contribution in [0.25, 0.3) is 10.9 Å². The van der Waals surface area contributed by atoms with Crippen LogP contribution in [0, 0.1) is 13.8 Å². The zero-order valence-corrected chi connectivity index (χ0v) is 16.5. The van der Waals surface area contributed by atoms with Gasteiger partial charge in [-0.1, -0.05) is 29.8 Å². The Bertz CT molecular complexity index is 977. The predicted molar refractivity (Wildman–Crippen MR) is 112 cm³/mol. The number of aromatic nitrogens is 1. The molecule has 1 aromatic heterocycles. The summed E-state index contributed by atoms with van der Waals surface area (Å²) in [5, 5.41) is 1.29. The van der Waals surface area contributed by atoms with Gasteiger partial charge in [-0.25, -0.2) is 0 Å². The van der Waals surface area contributed by atoms with E-state index in [2.05, 4.69) is 54.3 Å². The second kappa shape index (κ2) is 7.32. The van der Waals surface area contributed by atoms with Crippen LogP contribution in [-0.2, 0) is 6.42 Å². The van der Waals surface area contributed by atoms with Gasteiger partial charge in [0, 0.05) is 29.1 Å². The molecule has 1 saturated heterocycles. The Balaban J connectivity index is 1.59. The lowest BCUT2D eigenvalue weighted by atomic mass is 9.88. The van der Waals surface area contributed by atoms with Gasteiger partial charge in [0.05, 0.1) is 0 Å². The quantitative estimate of drug-likeness (QED) is 0.663. The van der Waals surface area contributed by atoms with Gasteiger partial charge in [-0.05, 0) is 81.6 Å². The number of ketones is 1. The number of H-pyrrole nitrogens is 1. The van der Waals surface area contributed by atoms with Crippen LogP contribution in [0.4, 0.5) is 0 Å². The summed E-state index contributed by atoms with van der Waals surface area (Å²) in [4.78, 5) is 18.7. The van der Waals surface area contributed by atoms with Crippen LogP contribution in [0.15, 0.2) is 42.6 Å². The smallest absolute Gasteiger partial charge is 0.167 e. The first-order valence-electron chi connectivity index (χ1n) is 9.90. The first-order valence-corrected chi connectivity index (χ1v) is 9.90. The van der Waals surface area contributed by atoms with Gasteiger partial charge in [-0.15, -0.1) is 0 Å². The molecule has 0 saturated carbocycles. The number of Topliss-reactive ketones (excluding diaryl/α,β-unsaturated/α-hetero) is 1. The number of benzene rings is 2. The fourth-order valence-corrected chi connectivity index (χ4v) is 4.36. The van der Waals surface area contributed by atoms with Crippen LogP contribution in [-0.4, -0.2) is 35.8 Å². The first-order chi connectivity index (χ1) is 13.0. The van der Waals surface area contributed by atoms with Gasteiger partial charge < -0.3 is 9.88 Å². The predicted octanol–water partition coefficient (Wildman–Crippen LogP) is 5.02. The molecule has 0 amide bonds. The van der Waals surface area contributed by atoms with E-state index >= 15 is 0 Å². The molecule has 1 aliphatic heterocycles. The molecule has 0 unspecified atom stereocenters. The molecule has 3 nitrogen and oxygen atoms in total. The van der Waals surface area contributed by atoms with Crippen molar-refractivity contribution in [2.24, 2.45) is 0 Å². The van der Waals surface area contributed by atoms with Gasteiger partial charge in [-0.2, -0.15) is 0 Å². The number of nitrogens with one attached hydrogen (secondary N) is 1. The maximum Gasteiger partial charge on any atom is 0.167 e. The summed E-state index contributed by atoms with van der Waals surface area (Å²) in [5.41, 5.74) is 6.78. The molecule has 140 valence electrons. The number of piperidine rings is 1. The maximum atomic E-state index is 12.8. The highest BCUT2D eigenvalue weighted by molar-refractivity contribution is 5.99. The van der Waals surface area contributed by atoms with Gasteiger partial charge in [-0.3, -0.25) is 4.79 Å². The standard InChI is InChI=1S/C24H28N2O/c1-16-4-6-20(17(2)12-16)24(27)14-18-5-7-23-21(13-18)22(15-25-23)19-8-10-26(3)11-9-19/h4-7,12-13,15,19,25H,8-11,14H2,1-3H3. The molecule has 0 bridgehead atoms. The molecule has 4 rings (SSSR count). The Morgan fingerprint density at radius 2 is 1.89 bits per heavy atom. The third kappa shape index (κ3) is 3.70. The molecule has 2 aromatic carbocycles. The largest absolute Gasteiger partial charge is 0.361 e. The van der Waals surface area contributed by atoms with Crippen LogP contribution < -0.4 is 0 Å². The van der Waals surface area contributed by atoms with E-state index in [1.165, 1.54) is 34.9 Å². The van der Waals surface area contributed by atoms with Gasteiger partial charge in [0.15, 0.2) is 5.78 Å². The summed E-state index contributed by atoms with van der Waals surface area (Å²) >= 11 is 0. The highest BCUT2D eigenvalue weighted by Gasteiger charge is 2.21. The van der Waals surface area contributed by atoms with Crippen LogP contribution >= 0.6 is 0 Å². The van der Waals surface area contributed by atoms with Gasteiger partial charge in [0.1, 0.15) is 0 Å². The summed E-state index contributed by atoms with van der Waals surface area (Å²) in [5.74, 6) is 0.809. The number of hydrogen-bond donors (Lipinski definition) is 1. The Hall–Kier alpha value is -2.39. The molecule has 0 spiro atoms. The van der Waals surface area contributed by atoms with Crippen LogP contribution in [0.1, 0.15) is 51.4 Å². The summed E-state index contributed by atoms with van der Waals surface area (Å²) < 4.78 is 0. The third-order valence-corrected chi connectivity index (χ3v) is 5.98. The van der Waals surface area contributed by atoms with Crippen LogP contribution in [0.3, 0.4) is 0 Å². The summed E-state index contributed by atoms with van der Waals surface area (Å²) in [6.07, 6.45) is 5.04. The average molecular weight is 361 g/mol. The van der Waals surface area contributed by atoms with Crippen LogP contribution in [0.5, 0.6) is 0 Å². The number of rotatable bonds is 4. The minimum atomic E-state index is 0.197. The number of aromatic amines is 1. The fourth-order valence-electron chi connectivity index (χ4n) is 4.36. The van der Waals surface area contributed by atoms with E-state index in [9.17, 15) is 4.79 Å². The zero-order chi connectivity index (χ0) is 19.0. The van der Waals surface area contributed by atoms with E-state index in [1.54, 1.807) is 0 Å². The molecule has 0 atom stereocenters. The van der Waals surface area contributed by atoms with Crippen LogP contribution in [0.2, 0.25) is 0 Å². The molecule has 0 aliphatic carbocycles. The van der Waals surface area contributed by atoms with Crippen molar-refractivity contribution < 1.29 is 4.79 Å². The van der Waals surface area contributed by atoms with E-state index in [4.69, 9.17) is 0 Å². The van der Waals surface area contributed by atoms with Crippen molar-refractivity contribution in [1.82, 2.24) is 9.88 Å². The molecule has 1 aliphatic rings. The third-order valence-electron chi connectivity index (χ3n) is 5.98. The number of aryl methyl sites for hydroxylation is 2. The molecular weight excluding hydrogens is 332 g/mol. The van der Waals surface area contributed by atoms with E-state index in [1.807, 2.05) is 19.1 Å². The second-order valence-electron chi connectivity index (χ2n) is 8.12. The molecule has 0 radical (unpaired) electrons. The number of hydrogen-bond acceptors (Lipinski definition) is 2. The topological polar surface area (TPSA) is 36.1 Å². The Kier molecular flexibility index (Phi) is 4.88. The van der Waals surface area contributed by atoms with Crippen molar-refractivity contribution >= 4 is 16.7 Å². The molecule has 27 heavy (non-hydrogen) atoms. The van der Waals surface area contributed by atoms with Crippen molar-refractivity contribution in [3.05, 3.63) is 70.4 Å². The van der Waals surface area contributed by atoms with Crippen molar-refractivity contribution in [3.63, 3.8) is 0 Å². The van der Waals surface area contributed by atoms with E-state index in [0.717, 1.165) is 29.8 Å². The summed E-state index contributed by atoms with van der Waals surface area (Å²) in [6.45, 7) is 6.39. The van der Waals surface area contributed by atoms with Gasteiger partial charge >= 0.3 is 0 Å². The average Bonchev–Trinajstić information content (AvgIpc) is 3.05. The van der Waals surface area contributed by atoms with Crippen molar-refractivity contribution in [2.45, 2.75) is 39.0 Å². The molecule has 3 aromatic rings. The summed E-state index contributed by atoms with van der Waals surface area (Å²) in [6, 6.07) is 12.5. The summed E-state index contributed by atoms with van der Waals surface area (Å²) in [7, 11) is 2.20. The number of likely N-dealkylation sites (tertiary alicyclic amines) is 1. The van der Waals surface area contributed by atoms with Crippen molar-refractivity contribution in [3.8, 4) is 0 Å². The normalized spacial score (nSPS) is 16.1. The van der Waals surface area contributed by atoms with Crippen molar-refractivity contribution in [2.75, 3.05) is 20.1 Å². The minimum Gasteiger partial charge on any atom is -0.361 e. The van der Waals surface area contributed by atoms with E-state index < -0.39 is 0 Å². The SMILES string of the molecule is Cc1ccc(C(=O)Cc2ccc3[nH]cc(C4CCN(C)CC4)c3c2)c(C)c1. The number of fused-ring (bicyclic) bond motifs is 1. The Morgan fingerprint density at radius 3 is 2.63 bits per heavy atom. The molecule has 1 N–H and O–H groups in total. The highest BCUT2D eigenvalue weighted by Crippen LogP contribution is 2.33. The second-order valence-corrected chi connectivity index (χ2v) is 8.12. The highest BCUT2D eigenvalue weighted by atomic mass is 16.1. The monoisotopic (exact) mass is 360 g/mol. The molecule has 1 fully saturated rings.